The predicted molar refractivity (Wildman–Crippen MR) is 93.9 cm³/mol. The number of aromatic nitrogens is 4. The van der Waals surface area contributed by atoms with E-state index in [1.165, 1.54) is 0 Å². The molecule has 4 aromatic rings. The van der Waals surface area contributed by atoms with E-state index in [4.69, 9.17) is 0 Å². The lowest BCUT2D eigenvalue weighted by molar-refractivity contribution is 0.860. The third-order valence-corrected chi connectivity index (χ3v) is 3.87. The average Bonchev–Trinajstić information content (AvgIpc) is 2.61. The largest absolute Gasteiger partial charge is 0.349 e. The Balaban J connectivity index is 1.77. The van der Waals surface area contributed by atoms with E-state index in [1.54, 1.807) is 0 Å². The lowest BCUT2D eigenvalue weighted by Gasteiger charge is -2.14. The normalized spacial score (nSPS) is 12.4. The SMILES string of the molecule is CC(Nc1nc2nc3ccccc3nc2c(=O)[nH]1)c1ccccc1. The van der Waals surface area contributed by atoms with Crippen LogP contribution in [0.2, 0.25) is 0 Å². The summed E-state index contributed by atoms with van der Waals surface area (Å²) in [6.45, 7) is 2.01. The molecule has 0 aliphatic heterocycles. The Kier molecular flexibility index (Phi) is 3.42. The summed E-state index contributed by atoms with van der Waals surface area (Å²) in [5.41, 5.74) is 2.76. The third kappa shape index (κ3) is 2.58. The van der Waals surface area contributed by atoms with Gasteiger partial charge in [0.05, 0.1) is 17.1 Å². The molecule has 2 N–H and O–H groups in total. The number of hydrogen-bond donors (Lipinski definition) is 2. The summed E-state index contributed by atoms with van der Waals surface area (Å²) >= 11 is 0. The zero-order valence-corrected chi connectivity index (χ0v) is 13.0. The van der Waals surface area contributed by atoms with Gasteiger partial charge in [0.15, 0.2) is 11.2 Å². The average molecular weight is 317 g/mol. The van der Waals surface area contributed by atoms with Crippen LogP contribution in [0.4, 0.5) is 5.95 Å². The van der Waals surface area contributed by atoms with Crippen molar-refractivity contribution in [2.75, 3.05) is 5.32 Å². The first-order valence-corrected chi connectivity index (χ1v) is 7.69. The first-order valence-electron chi connectivity index (χ1n) is 7.69. The van der Waals surface area contributed by atoms with E-state index in [9.17, 15) is 4.79 Å². The number of rotatable bonds is 3. The van der Waals surface area contributed by atoms with Crippen molar-refractivity contribution in [2.45, 2.75) is 13.0 Å². The highest BCUT2D eigenvalue weighted by atomic mass is 16.1. The number of nitrogens with zero attached hydrogens (tertiary/aromatic N) is 3. The Morgan fingerprint density at radius 1 is 0.917 bits per heavy atom. The van der Waals surface area contributed by atoms with Crippen LogP contribution in [0.15, 0.2) is 59.4 Å². The van der Waals surface area contributed by atoms with Crippen LogP contribution >= 0.6 is 0 Å². The van der Waals surface area contributed by atoms with Gasteiger partial charge in [-0.25, -0.2) is 9.97 Å². The molecular formula is C18H15N5O. The number of H-pyrrole nitrogens is 1. The van der Waals surface area contributed by atoms with Crippen molar-refractivity contribution < 1.29 is 0 Å². The van der Waals surface area contributed by atoms with Crippen LogP contribution in [0, 0.1) is 0 Å². The second kappa shape index (κ2) is 5.73. The Morgan fingerprint density at radius 2 is 1.58 bits per heavy atom. The topological polar surface area (TPSA) is 83.6 Å². The Hall–Kier alpha value is -3.28. The molecule has 6 nitrogen and oxygen atoms in total. The molecule has 2 aromatic heterocycles. The molecule has 0 fully saturated rings. The van der Waals surface area contributed by atoms with Gasteiger partial charge in [0.25, 0.3) is 5.56 Å². The molecule has 2 heterocycles. The van der Waals surface area contributed by atoms with Crippen molar-refractivity contribution in [3.05, 3.63) is 70.5 Å². The van der Waals surface area contributed by atoms with E-state index in [-0.39, 0.29) is 17.1 Å². The van der Waals surface area contributed by atoms with Crippen molar-refractivity contribution in [3.8, 4) is 0 Å². The van der Waals surface area contributed by atoms with Crippen LogP contribution in [-0.4, -0.2) is 19.9 Å². The van der Waals surface area contributed by atoms with Gasteiger partial charge in [-0.2, -0.15) is 4.98 Å². The minimum atomic E-state index is -0.305. The van der Waals surface area contributed by atoms with Gasteiger partial charge in [0.1, 0.15) is 0 Å². The van der Waals surface area contributed by atoms with E-state index in [2.05, 4.69) is 25.3 Å². The van der Waals surface area contributed by atoms with E-state index < -0.39 is 0 Å². The summed E-state index contributed by atoms with van der Waals surface area (Å²) in [6.07, 6.45) is 0. The molecule has 0 radical (unpaired) electrons. The molecule has 6 heteroatoms. The molecule has 0 spiro atoms. The molecular weight excluding hydrogens is 302 g/mol. The molecule has 118 valence electrons. The fourth-order valence-electron chi connectivity index (χ4n) is 2.62. The van der Waals surface area contributed by atoms with Crippen LogP contribution in [0.3, 0.4) is 0 Å². The number of hydrogen-bond acceptors (Lipinski definition) is 5. The molecule has 0 aliphatic carbocycles. The second-order valence-corrected chi connectivity index (χ2v) is 5.58. The van der Waals surface area contributed by atoms with Gasteiger partial charge < -0.3 is 5.32 Å². The van der Waals surface area contributed by atoms with Crippen LogP contribution in [-0.2, 0) is 0 Å². The maximum Gasteiger partial charge on any atom is 0.280 e. The molecule has 0 aliphatic rings. The quantitative estimate of drug-likeness (QED) is 0.567. The molecule has 0 amide bonds. The molecule has 1 atom stereocenters. The fraction of sp³-hybridized carbons (Fsp3) is 0.111. The zero-order chi connectivity index (χ0) is 16.5. The number of para-hydroxylation sites is 2. The van der Waals surface area contributed by atoms with Gasteiger partial charge >= 0.3 is 0 Å². The zero-order valence-electron chi connectivity index (χ0n) is 13.0. The lowest BCUT2D eigenvalue weighted by atomic mass is 10.1. The first kappa shape index (κ1) is 14.3. The highest BCUT2D eigenvalue weighted by Crippen LogP contribution is 2.17. The molecule has 24 heavy (non-hydrogen) atoms. The molecule has 0 saturated heterocycles. The monoisotopic (exact) mass is 317 g/mol. The maximum absolute atomic E-state index is 12.3. The summed E-state index contributed by atoms with van der Waals surface area (Å²) < 4.78 is 0. The smallest absolute Gasteiger partial charge is 0.280 e. The van der Waals surface area contributed by atoms with Crippen LogP contribution in [0.1, 0.15) is 18.5 Å². The summed E-state index contributed by atoms with van der Waals surface area (Å²) in [4.78, 5) is 28.3. The molecule has 1 unspecified atom stereocenters. The lowest BCUT2D eigenvalue weighted by Crippen LogP contribution is -2.17. The van der Waals surface area contributed by atoms with Crippen LogP contribution in [0.25, 0.3) is 22.2 Å². The summed E-state index contributed by atoms with van der Waals surface area (Å²) in [7, 11) is 0. The van der Waals surface area contributed by atoms with Crippen molar-refractivity contribution >= 4 is 28.1 Å². The summed E-state index contributed by atoms with van der Waals surface area (Å²) in [6, 6.07) is 17.4. The minimum Gasteiger partial charge on any atom is -0.349 e. The van der Waals surface area contributed by atoms with Gasteiger partial charge in [0.2, 0.25) is 5.95 Å². The van der Waals surface area contributed by atoms with E-state index in [0.29, 0.717) is 22.6 Å². The van der Waals surface area contributed by atoms with Crippen molar-refractivity contribution in [2.24, 2.45) is 0 Å². The molecule has 0 saturated carbocycles. The van der Waals surface area contributed by atoms with Gasteiger partial charge in [-0.05, 0) is 24.6 Å². The van der Waals surface area contributed by atoms with Gasteiger partial charge in [-0.1, -0.05) is 42.5 Å². The van der Waals surface area contributed by atoms with E-state index in [0.717, 1.165) is 5.56 Å². The van der Waals surface area contributed by atoms with Crippen LogP contribution in [0.5, 0.6) is 0 Å². The Morgan fingerprint density at radius 3 is 2.33 bits per heavy atom. The van der Waals surface area contributed by atoms with Crippen molar-refractivity contribution in [1.29, 1.82) is 0 Å². The maximum atomic E-state index is 12.3. The van der Waals surface area contributed by atoms with Gasteiger partial charge in [-0.3, -0.25) is 9.78 Å². The summed E-state index contributed by atoms with van der Waals surface area (Å²) in [5, 5.41) is 3.20. The van der Waals surface area contributed by atoms with Gasteiger partial charge in [-0.15, -0.1) is 0 Å². The van der Waals surface area contributed by atoms with Crippen LogP contribution < -0.4 is 10.9 Å². The second-order valence-electron chi connectivity index (χ2n) is 5.58. The third-order valence-electron chi connectivity index (χ3n) is 3.87. The number of anilines is 1. The Labute approximate surface area is 137 Å². The number of fused-ring (bicyclic) bond motifs is 2. The molecule has 0 bridgehead atoms. The summed E-state index contributed by atoms with van der Waals surface area (Å²) in [5.74, 6) is 0.383. The van der Waals surface area contributed by atoms with Gasteiger partial charge in [0, 0.05) is 0 Å². The highest BCUT2D eigenvalue weighted by Gasteiger charge is 2.11. The first-order chi connectivity index (χ1) is 11.7. The Bertz CT molecular complexity index is 1070. The highest BCUT2D eigenvalue weighted by molar-refractivity contribution is 5.83. The van der Waals surface area contributed by atoms with E-state index in [1.807, 2.05) is 61.5 Å². The predicted octanol–water partition coefficient (Wildman–Crippen LogP) is 3.04. The van der Waals surface area contributed by atoms with E-state index >= 15 is 0 Å². The number of nitrogens with one attached hydrogen (secondary N) is 2. The standard InChI is InChI=1S/C18H15N5O/c1-11(12-7-3-2-4-8-12)19-18-22-16-15(17(24)23-18)20-13-9-5-6-10-14(13)21-16/h2-11H,1H3,(H2,19,21,22,23,24). The number of aromatic amines is 1. The fourth-order valence-corrected chi connectivity index (χ4v) is 2.62. The van der Waals surface area contributed by atoms with Crippen molar-refractivity contribution in [1.82, 2.24) is 19.9 Å². The van der Waals surface area contributed by atoms with Crippen molar-refractivity contribution in [3.63, 3.8) is 0 Å². The molecule has 2 aromatic carbocycles. The minimum absolute atomic E-state index is 0.000200. The number of benzene rings is 2. The molecule has 4 rings (SSSR count).